The maximum atomic E-state index is 13.4. The van der Waals surface area contributed by atoms with E-state index in [9.17, 15) is 24.4 Å². The second-order valence-electron chi connectivity index (χ2n) is 18.6. The Morgan fingerprint density at radius 3 is 1.81 bits per heavy atom. The van der Waals surface area contributed by atoms with Gasteiger partial charge in [0.25, 0.3) is 19.6 Å². The Morgan fingerprint density at radius 2 is 1.30 bits per heavy atom. The number of nitrogens with one attached hydrogen (secondary N) is 2. The molecular formula is C54H65N6O12P. The summed E-state index contributed by atoms with van der Waals surface area (Å²) in [5.41, 5.74) is -0.273. The van der Waals surface area contributed by atoms with Crippen molar-refractivity contribution in [2.45, 2.75) is 122 Å². The highest BCUT2D eigenvalue weighted by molar-refractivity contribution is 7.44. The molecule has 19 heteroatoms. The van der Waals surface area contributed by atoms with Crippen LogP contribution in [0, 0.1) is 42.9 Å². The molecule has 0 aliphatic carbocycles. The number of ether oxygens (including phenoxy) is 6. The number of aryl methyl sites for hydroxylation is 2. The summed E-state index contributed by atoms with van der Waals surface area (Å²) in [7, 11) is 3.04. The van der Waals surface area contributed by atoms with E-state index in [4.69, 9.17) is 37.5 Å². The standard InChI is InChI=1S/C54H65N6O12P/c1-34(2)60(35(3)4)73(69-27-13-26-55)72-46-30-49(59-32-37(6)51(62)57-53(59)64)70-45(46)25-24-44(67-9)28-38-29-48(58-31-36(5)50(61)56-52(58)63)71-47(38)33-68-54(39-14-11-10-12-15-39,40-16-20-42(65-7)21-17-40)41-18-22-43(66-8)23-19-41/h10-12,14-23,31-32,34-35,38,44-49H,13,27-30,33H2,1-9H3,(H,56,61,63)(H,57,62,64)/t38-,44+,45+,46-,47+,48+,49+,73?/m0/s1. The van der Waals surface area contributed by atoms with E-state index < -0.39 is 73.5 Å². The second kappa shape index (κ2) is 24.7. The quantitative estimate of drug-likeness (QED) is 0.0329. The number of H-pyrrole nitrogens is 2. The molecule has 0 saturated carbocycles. The number of aromatic nitrogens is 4. The lowest BCUT2D eigenvalue weighted by Gasteiger charge is -2.37. The molecule has 1 unspecified atom stereocenters. The molecule has 0 amide bonds. The fourth-order valence-electron chi connectivity index (χ4n) is 9.38. The molecule has 5 aromatic rings. The van der Waals surface area contributed by atoms with Crippen LogP contribution in [0.3, 0.4) is 0 Å². The molecule has 2 fully saturated rings. The first kappa shape index (κ1) is 54.6. The maximum Gasteiger partial charge on any atom is 0.330 e. The van der Waals surface area contributed by atoms with E-state index in [-0.39, 0.29) is 44.1 Å². The molecule has 0 bridgehead atoms. The van der Waals surface area contributed by atoms with Crippen molar-refractivity contribution >= 4 is 8.53 Å². The van der Waals surface area contributed by atoms with Crippen LogP contribution >= 0.6 is 8.53 Å². The van der Waals surface area contributed by atoms with Gasteiger partial charge in [-0.2, -0.15) is 5.26 Å². The summed E-state index contributed by atoms with van der Waals surface area (Å²) in [5, 5.41) is 9.36. The Hall–Kier alpha value is -6.18. The smallest absolute Gasteiger partial charge is 0.330 e. The molecule has 2 saturated heterocycles. The van der Waals surface area contributed by atoms with Gasteiger partial charge in [-0.15, -0.1) is 0 Å². The van der Waals surface area contributed by atoms with E-state index in [0.29, 0.717) is 35.5 Å². The summed E-state index contributed by atoms with van der Waals surface area (Å²) in [6, 6.07) is 27.4. The van der Waals surface area contributed by atoms with E-state index in [1.54, 1.807) is 35.2 Å². The minimum absolute atomic E-state index is 0.00809. The molecule has 0 radical (unpaired) electrons. The lowest BCUT2D eigenvalue weighted by atomic mass is 9.80. The van der Waals surface area contributed by atoms with Crippen LogP contribution in [-0.4, -0.2) is 94.8 Å². The molecule has 2 aliphatic heterocycles. The van der Waals surface area contributed by atoms with Crippen molar-refractivity contribution < 1.29 is 37.5 Å². The molecule has 73 heavy (non-hydrogen) atoms. The number of nitrogens with zero attached hydrogens (tertiary/aromatic N) is 4. The van der Waals surface area contributed by atoms with Crippen LogP contribution in [0.15, 0.2) is 110 Å². The van der Waals surface area contributed by atoms with Crippen LogP contribution in [0.5, 0.6) is 11.5 Å². The monoisotopic (exact) mass is 1020 g/mol. The summed E-state index contributed by atoms with van der Waals surface area (Å²) in [6.07, 6.45) is -0.687. The maximum absolute atomic E-state index is 13.4. The predicted octanol–water partition coefficient (Wildman–Crippen LogP) is 6.99. The van der Waals surface area contributed by atoms with Gasteiger partial charge in [0, 0.05) is 49.1 Å². The van der Waals surface area contributed by atoms with Gasteiger partial charge in [-0.3, -0.25) is 28.7 Å². The number of hydrogen-bond donors (Lipinski definition) is 2. The normalized spacial score (nSPS) is 20.7. The van der Waals surface area contributed by atoms with Crippen molar-refractivity contribution in [1.29, 1.82) is 5.26 Å². The van der Waals surface area contributed by atoms with Gasteiger partial charge in [-0.1, -0.05) is 66.4 Å². The molecule has 18 nitrogen and oxygen atoms in total. The van der Waals surface area contributed by atoms with Crippen LogP contribution < -0.4 is 32.0 Å². The van der Waals surface area contributed by atoms with E-state index >= 15 is 0 Å². The largest absolute Gasteiger partial charge is 0.497 e. The van der Waals surface area contributed by atoms with Gasteiger partial charge < -0.3 is 37.5 Å². The van der Waals surface area contributed by atoms with Crippen LogP contribution in [0.1, 0.15) is 93.7 Å². The van der Waals surface area contributed by atoms with E-state index in [0.717, 1.165) is 16.7 Å². The Balaban J connectivity index is 1.25. The van der Waals surface area contributed by atoms with Crippen molar-refractivity contribution in [1.82, 2.24) is 23.8 Å². The number of methoxy groups -OCH3 is 3. The first-order chi connectivity index (χ1) is 35.1. The predicted molar refractivity (Wildman–Crippen MR) is 274 cm³/mol. The van der Waals surface area contributed by atoms with E-state index in [2.05, 4.69) is 32.5 Å². The average Bonchev–Trinajstić information content (AvgIpc) is 3.98. The molecular weight excluding hydrogens is 956 g/mol. The van der Waals surface area contributed by atoms with Crippen molar-refractivity contribution in [3.05, 3.63) is 161 Å². The van der Waals surface area contributed by atoms with Crippen LogP contribution in [0.2, 0.25) is 0 Å². The van der Waals surface area contributed by atoms with Crippen molar-refractivity contribution in [3.63, 3.8) is 0 Å². The molecule has 2 aliphatic rings. The van der Waals surface area contributed by atoms with Gasteiger partial charge in [0.05, 0.1) is 46.0 Å². The van der Waals surface area contributed by atoms with Crippen molar-refractivity contribution in [2.75, 3.05) is 34.5 Å². The number of hydrogen-bond acceptors (Lipinski definition) is 14. The lowest BCUT2D eigenvalue weighted by molar-refractivity contribution is -0.0869. The summed E-state index contributed by atoms with van der Waals surface area (Å²) in [4.78, 5) is 56.3. The Kier molecular flexibility index (Phi) is 18.5. The summed E-state index contributed by atoms with van der Waals surface area (Å²) in [5.74, 6) is 7.59. The molecule has 7 rings (SSSR count). The van der Waals surface area contributed by atoms with Crippen LogP contribution in [0.25, 0.3) is 0 Å². The zero-order valence-electron chi connectivity index (χ0n) is 42.7. The third-order valence-corrected chi connectivity index (χ3v) is 15.2. The fraction of sp³-hybridized carbons (Fsp3) is 0.463. The Labute approximate surface area is 426 Å². The summed E-state index contributed by atoms with van der Waals surface area (Å²) in [6.45, 7) is 11.5. The number of aromatic amines is 2. The highest BCUT2D eigenvalue weighted by atomic mass is 31.2. The van der Waals surface area contributed by atoms with Gasteiger partial charge in [-0.05, 0) is 101 Å². The fourth-order valence-corrected chi connectivity index (χ4v) is 11.1. The first-order valence-corrected chi connectivity index (χ1v) is 25.5. The molecule has 2 N–H and O–H groups in total. The minimum atomic E-state index is -1.75. The number of nitriles is 1. The lowest BCUT2D eigenvalue weighted by Crippen LogP contribution is -2.37. The number of rotatable bonds is 21. The highest BCUT2D eigenvalue weighted by Gasteiger charge is 2.44. The van der Waals surface area contributed by atoms with E-state index in [1.165, 1.54) is 21.5 Å². The summed E-state index contributed by atoms with van der Waals surface area (Å²) < 4.78 is 55.8. The molecule has 4 heterocycles. The van der Waals surface area contributed by atoms with Crippen molar-refractivity contribution in [2.24, 2.45) is 5.92 Å². The zero-order chi connectivity index (χ0) is 52.4. The molecule has 2 aromatic heterocycles. The third kappa shape index (κ3) is 12.6. The third-order valence-electron chi connectivity index (χ3n) is 13.1. The summed E-state index contributed by atoms with van der Waals surface area (Å²) >= 11 is 0. The molecule has 8 atom stereocenters. The molecule has 0 spiro atoms. The molecule has 3 aromatic carbocycles. The first-order valence-electron chi connectivity index (χ1n) is 24.3. The zero-order valence-corrected chi connectivity index (χ0v) is 43.6. The van der Waals surface area contributed by atoms with Crippen LogP contribution in [0.4, 0.5) is 0 Å². The highest BCUT2D eigenvalue weighted by Crippen LogP contribution is 2.50. The van der Waals surface area contributed by atoms with Gasteiger partial charge in [0.2, 0.25) is 0 Å². The van der Waals surface area contributed by atoms with Crippen LogP contribution in [-0.2, 0) is 33.6 Å². The minimum Gasteiger partial charge on any atom is -0.497 e. The van der Waals surface area contributed by atoms with Gasteiger partial charge in [0.15, 0.2) is 0 Å². The van der Waals surface area contributed by atoms with Gasteiger partial charge in [-0.25, -0.2) is 14.3 Å². The van der Waals surface area contributed by atoms with Crippen molar-refractivity contribution in [3.8, 4) is 29.4 Å². The Bertz CT molecular complexity index is 2920. The van der Waals surface area contributed by atoms with Gasteiger partial charge >= 0.3 is 11.4 Å². The average molecular weight is 1020 g/mol. The SMILES string of the molecule is COc1ccc(C(OC[C@H]2O[C@@H](n3cc(C)c(=O)[nH]c3=O)C[C@@H]2C[C@@H](C#C[C@H]2O[C@@H](n3cc(C)c(=O)[nH]c3=O)C[C@@H]2OP(OCCC#N)N(C(C)C)C(C)C)OC)(c2ccccc2)c2ccc(OC)cc2)cc1. The second-order valence-corrected chi connectivity index (χ2v) is 20.0. The number of benzene rings is 3. The molecule has 388 valence electrons. The Morgan fingerprint density at radius 1 is 0.767 bits per heavy atom. The van der Waals surface area contributed by atoms with Gasteiger partial charge in [0.1, 0.15) is 47.9 Å². The topological polar surface area (TPSA) is 211 Å². The van der Waals surface area contributed by atoms with E-state index in [1.807, 2.05) is 107 Å².